The highest BCUT2D eigenvalue weighted by Crippen LogP contribution is 2.38. The Hall–Kier alpha value is -2.44. The first-order chi connectivity index (χ1) is 11.8. The van der Waals surface area contributed by atoms with Gasteiger partial charge < -0.3 is 14.4 Å². The molecule has 1 atom stereocenters. The first-order valence-electron chi connectivity index (χ1n) is 8.40. The first kappa shape index (κ1) is 15.1. The SMILES string of the molecule is COc1ccnc(N2CCC(COc3ccc(C4CC4)nn3)C2)n1. The summed E-state index contributed by atoms with van der Waals surface area (Å²) in [6.45, 7) is 2.44. The molecule has 1 unspecified atom stereocenters. The van der Waals surface area contributed by atoms with E-state index in [1.54, 1.807) is 19.4 Å². The predicted octanol–water partition coefficient (Wildman–Crippen LogP) is 2.06. The summed E-state index contributed by atoms with van der Waals surface area (Å²) in [4.78, 5) is 10.9. The van der Waals surface area contributed by atoms with Gasteiger partial charge in [0.25, 0.3) is 0 Å². The second kappa shape index (κ2) is 6.59. The zero-order chi connectivity index (χ0) is 16.4. The molecule has 1 saturated heterocycles. The van der Waals surface area contributed by atoms with E-state index in [2.05, 4.69) is 25.1 Å². The van der Waals surface area contributed by atoms with E-state index in [1.165, 1.54) is 12.8 Å². The average Bonchev–Trinajstić information content (AvgIpc) is 3.38. The zero-order valence-electron chi connectivity index (χ0n) is 13.8. The molecule has 0 aromatic carbocycles. The zero-order valence-corrected chi connectivity index (χ0v) is 13.8. The monoisotopic (exact) mass is 327 g/mol. The Kier molecular flexibility index (Phi) is 4.15. The smallest absolute Gasteiger partial charge is 0.233 e. The molecule has 2 fully saturated rings. The van der Waals surface area contributed by atoms with Crippen molar-refractivity contribution in [1.82, 2.24) is 20.2 Å². The Morgan fingerprint density at radius 1 is 1.12 bits per heavy atom. The third-order valence-electron chi connectivity index (χ3n) is 4.52. The molecule has 7 nitrogen and oxygen atoms in total. The van der Waals surface area contributed by atoms with Gasteiger partial charge in [-0.15, -0.1) is 5.10 Å². The maximum Gasteiger partial charge on any atom is 0.233 e. The van der Waals surface area contributed by atoms with Gasteiger partial charge in [0.1, 0.15) is 0 Å². The van der Waals surface area contributed by atoms with Crippen molar-refractivity contribution >= 4 is 5.95 Å². The second-order valence-electron chi connectivity index (χ2n) is 6.38. The number of nitrogens with zero attached hydrogens (tertiary/aromatic N) is 5. The van der Waals surface area contributed by atoms with Crippen molar-refractivity contribution in [3.05, 3.63) is 30.1 Å². The highest BCUT2D eigenvalue weighted by Gasteiger charge is 2.26. The molecule has 0 spiro atoms. The molecule has 126 valence electrons. The third-order valence-corrected chi connectivity index (χ3v) is 4.52. The van der Waals surface area contributed by atoms with Crippen LogP contribution in [0.15, 0.2) is 24.4 Å². The lowest BCUT2D eigenvalue weighted by Crippen LogP contribution is -2.23. The molecule has 2 aromatic rings. The fraction of sp³-hybridized carbons (Fsp3) is 0.529. The number of anilines is 1. The Bertz CT molecular complexity index is 690. The highest BCUT2D eigenvalue weighted by molar-refractivity contribution is 5.33. The minimum absolute atomic E-state index is 0.435. The molecule has 0 radical (unpaired) electrons. The fourth-order valence-electron chi connectivity index (χ4n) is 2.96. The fourth-order valence-corrected chi connectivity index (χ4v) is 2.96. The van der Waals surface area contributed by atoms with Gasteiger partial charge in [0, 0.05) is 43.3 Å². The largest absolute Gasteiger partial charge is 0.481 e. The van der Waals surface area contributed by atoms with Crippen molar-refractivity contribution in [3.8, 4) is 11.8 Å². The van der Waals surface area contributed by atoms with E-state index in [9.17, 15) is 0 Å². The van der Waals surface area contributed by atoms with Gasteiger partial charge in [0.05, 0.1) is 19.4 Å². The second-order valence-corrected chi connectivity index (χ2v) is 6.38. The summed E-state index contributed by atoms with van der Waals surface area (Å²) in [5.41, 5.74) is 1.09. The van der Waals surface area contributed by atoms with E-state index in [0.29, 0.717) is 36.2 Å². The van der Waals surface area contributed by atoms with E-state index in [0.717, 1.165) is 25.2 Å². The quantitative estimate of drug-likeness (QED) is 0.804. The van der Waals surface area contributed by atoms with Crippen LogP contribution in [0.25, 0.3) is 0 Å². The van der Waals surface area contributed by atoms with Crippen LogP contribution < -0.4 is 14.4 Å². The van der Waals surface area contributed by atoms with Gasteiger partial charge in [-0.3, -0.25) is 0 Å². The Morgan fingerprint density at radius 2 is 2.04 bits per heavy atom. The highest BCUT2D eigenvalue weighted by atomic mass is 16.5. The molecule has 4 rings (SSSR count). The van der Waals surface area contributed by atoms with E-state index in [4.69, 9.17) is 9.47 Å². The summed E-state index contributed by atoms with van der Waals surface area (Å²) >= 11 is 0. The number of ether oxygens (including phenoxy) is 2. The lowest BCUT2D eigenvalue weighted by atomic mass is 10.1. The Morgan fingerprint density at radius 3 is 2.79 bits per heavy atom. The average molecular weight is 327 g/mol. The van der Waals surface area contributed by atoms with Gasteiger partial charge in [-0.05, 0) is 25.3 Å². The summed E-state index contributed by atoms with van der Waals surface area (Å²) in [5, 5.41) is 8.42. The summed E-state index contributed by atoms with van der Waals surface area (Å²) in [6, 6.07) is 5.72. The molecule has 1 saturated carbocycles. The first-order valence-corrected chi connectivity index (χ1v) is 8.40. The van der Waals surface area contributed by atoms with Crippen molar-refractivity contribution in [1.29, 1.82) is 0 Å². The minimum atomic E-state index is 0.435. The maximum atomic E-state index is 5.81. The van der Waals surface area contributed by atoms with Gasteiger partial charge >= 0.3 is 0 Å². The molecule has 24 heavy (non-hydrogen) atoms. The van der Waals surface area contributed by atoms with E-state index in [-0.39, 0.29) is 0 Å². The normalized spacial score (nSPS) is 20.2. The van der Waals surface area contributed by atoms with E-state index in [1.807, 2.05) is 12.1 Å². The predicted molar refractivity (Wildman–Crippen MR) is 88.4 cm³/mol. The Balaban J connectivity index is 1.30. The van der Waals surface area contributed by atoms with Crippen LogP contribution in [0.5, 0.6) is 11.8 Å². The van der Waals surface area contributed by atoms with Gasteiger partial charge in [0.15, 0.2) is 0 Å². The standard InChI is InChI=1S/C17H21N5O2/c1-23-15-6-8-18-17(19-15)22-9-7-12(10-22)11-24-16-5-4-14(20-21-16)13-2-3-13/h4-6,8,12-13H,2-3,7,9-11H2,1H3. The topological polar surface area (TPSA) is 73.3 Å². The van der Waals surface area contributed by atoms with Crippen LogP contribution in [0.4, 0.5) is 5.95 Å². The van der Waals surface area contributed by atoms with Gasteiger partial charge in [-0.2, -0.15) is 10.1 Å². The molecule has 1 aliphatic carbocycles. The van der Waals surface area contributed by atoms with Crippen molar-refractivity contribution in [2.45, 2.75) is 25.2 Å². The molecule has 1 aliphatic heterocycles. The molecule has 2 aliphatic rings. The molecule has 0 N–H and O–H groups in total. The molecule has 0 amide bonds. The van der Waals surface area contributed by atoms with Crippen LogP contribution in [-0.2, 0) is 0 Å². The molecule has 0 bridgehead atoms. The van der Waals surface area contributed by atoms with Crippen LogP contribution in [0.3, 0.4) is 0 Å². The van der Waals surface area contributed by atoms with Crippen LogP contribution in [0.2, 0.25) is 0 Å². The lowest BCUT2D eigenvalue weighted by Gasteiger charge is -2.16. The van der Waals surface area contributed by atoms with Crippen molar-refractivity contribution in [2.24, 2.45) is 5.92 Å². The lowest BCUT2D eigenvalue weighted by molar-refractivity contribution is 0.249. The molecular weight excluding hydrogens is 306 g/mol. The number of aromatic nitrogens is 4. The van der Waals surface area contributed by atoms with E-state index < -0.39 is 0 Å². The summed E-state index contributed by atoms with van der Waals surface area (Å²) < 4.78 is 11.0. The summed E-state index contributed by atoms with van der Waals surface area (Å²) in [7, 11) is 1.61. The van der Waals surface area contributed by atoms with Crippen LogP contribution in [0.1, 0.15) is 30.9 Å². The van der Waals surface area contributed by atoms with Crippen molar-refractivity contribution in [2.75, 3.05) is 31.7 Å². The van der Waals surface area contributed by atoms with Crippen LogP contribution >= 0.6 is 0 Å². The minimum Gasteiger partial charge on any atom is -0.481 e. The number of rotatable bonds is 6. The maximum absolute atomic E-state index is 5.81. The van der Waals surface area contributed by atoms with E-state index >= 15 is 0 Å². The van der Waals surface area contributed by atoms with Crippen LogP contribution in [0, 0.1) is 5.92 Å². The van der Waals surface area contributed by atoms with Gasteiger partial charge in [-0.1, -0.05) is 0 Å². The third kappa shape index (κ3) is 3.39. The van der Waals surface area contributed by atoms with Gasteiger partial charge in [-0.25, -0.2) is 4.98 Å². The molecule has 3 heterocycles. The summed E-state index contributed by atoms with van der Waals surface area (Å²) in [6.07, 6.45) is 5.24. The summed E-state index contributed by atoms with van der Waals surface area (Å²) in [5.74, 6) is 2.97. The van der Waals surface area contributed by atoms with Crippen molar-refractivity contribution in [3.63, 3.8) is 0 Å². The van der Waals surface area contributed by atoms with Crippen LogP contribution in [-0.4, -0.2) is 47.0 Å². The van der Waals surface area contributed by atoms with Gasteiger partial charge in [0.2, 0.25) is 17.7 Å². The Labute approximate surface area is 141 Å². The molecular formula is C17H21N5O2. The number of methoxy groups -OCH3 is 1. The molecule has 7 heteroatoms. The van der Waals surface area contributed by atoms with Crippen molar-refractivity contribution < 1.29 is 9.47 Å². The molecule has 2 aromatic heterocycles. The number of hydrogen-bond acceptors (Lipinski definition) is 7. The number of hydrogen-bond donors (Lipinski definition) is 0.